The summed E-state index contributed by atoms with van der Waals surface area (Å²) in [5.41, 5.74) is 1.46. The molecule has 2 aromatic carbocycles. The van der Waals surface area contributed by atoms with E-state index in [9.17, 15) is 18.4 Å². The van der Waals surface area contributed by atoms with Gasteiger partial charge in [0.25, 0.3) is 5.91 Å². The maximum atomic E-state index is 12.1. The Hall–Kier alpha value is -3.42. The summed E-state index contributed by atoms with van der Waals surface area (Å²) in [6.45, 7) is -1.15. The average Bonchev–Trinajstić information content (AvgIpc) is 2.71. The molecule has 2 aromatic rings. The summed E-state index contributed by atoms with van der Waals surface area (Å²) in [4.78, 5) is 23.9. The van der Waals surface area contributed by atoms with E-state index in [1.165, 1.54) is 37.3 Å². The van der Waals surface area contributed by atoms with Gasteiger partial charge in [0.15, 0.2) is 6.10 Å². The van der Waals surface area contributed by atoms with Crippen molar-refractivity contribution in [2.45, 2.75) is 26.2 Å². The third-order valence-corrected chi connectivity index (χ3v) is 3.81. The molecule has 29 heavy (non-hydrogen) atoms. The molecule has 8 heteroatoms. The fourth-order valence-electron chi connectivity index (χ4n) is 2.27. The normalized spacial score (nSPS) is 11.9. The molecule has 0 aliphatic carbocycles. The molecule has 1 N–H and O–H groups in total. The summed E-state index contributed by atoms with van der Waals surface area (Å²) in [7, 11) is 1.57. The number of hydrogen-bond acceptors (Lipinski definition) is 5. The van der Waals surface area contributed by atoms with Crippen LogP contribution in [0.4, 0.5) is 8.78 Å². The molecule has 0 aromatic heterocycles. The minimum atomic E-state index is -2.90. The third kappa shape index (κ3) is 7.61. The molecular formula is C21H21F2NO5. The Labute approximate surface area is 167 Å². The number of rotatable bonds is 9. The van der Waals surface area contributed by atoms with Crippen LogP contribution in [0.25, 0.3) is 6.08 Å². The molecule has 0 heterocycles. The summed E-state index contributed by atoms with van der Waals surface area (Å²) in [5.74, 6) is -0.409. The molecule has 6 nitrogen and oxygen atoms in total. The summed E-state index contributed by atoms with van der Waals surface area (Å²) in [5, 5.41) is 2.68. The number of hydrogen-bond donors (Lipinski definition) is 1. The van der Waals surface area contributed by atoms with E-state index in [1.807, 2.05) is 12.1 Å². The van der Waals surface area contributed by atoms with Crippen LogP contribution in [0.1, 0.15) is 18.1 Å². The van der Waals surface area contributed by atoms with Crippen LogP contribution in [-0.4, -0.2) is 31.7 Å². The first kappa shape index (κ1) is 21.9. The van der Waals surface area contributed by atoms with Crippen molar-refractivity contribution in [3.8, 4) is 11.5 Å². The van der Waals surface area contributed by atoms with Crippen molar-refractivity contribution in [3.05, 3.63) is 65.7 Å². The van der Waals surface area contributed by atoms with Crippen molar-refractivity contribution in [2.75, 3.05) is 7.11 Å². The Morgan fingerprint density at radius 3 is 2.24 bits per heavy atom. The standard InChI is InChI=1S/C21H21F2NO5/c1-14(20(26)24-13-16-5-8-17(27-2)9-6-16)28-19(25)12-7-15-3-10-18(11-4-15)29-21(22)23/h3-12,14,21H,13H2,1-2H3,(H,24,26)/b12-7+/t14-/m1/s1. The Kier molecular flexibility index (Phi) is 8.14. The van der Waals surface area contributed by atoms with Gasteiger partial charge >= 0.3 is 12.6 Å². The number of esters is 1. The lowest BCUT2D eigenvalue weighted by atomic mass is 10.2. The van der Waals surface area contributed by atoms with Gasteiger partial charge in [-0.2, -0.15) is 8.78 Å². The van der Waals surface area contributed by atoms with Crippen molar-refractivity contribution in [2.24, 2.45) is 0 Å². The van der Waals surface area contributed by atoms with Crippen LogP contribution >= 0.6 is 0 Å². The highest BCUT2D eigenvalue weighted by atomic mass is 19.3. The van der Waals surface area contributed by atoms with Gasteiger partial charge in [-0.05, 0) is 48.4 Å². The molecule has 0 saturated heterocycles. The predicted molar refractivity (Wildman–Crippen MR) is 103 cm³/mol. The van der Waals surface area contributed by atoms with E-state index in [1.54, 1.807) is 19.2 Å². The number of carbonyl (C=O) groups excluding carboxylic acids is 2. The first-order chi connectivity index (χ1) is 13.9. The van der Waals surface area contributed by atoms with Crippen molar-refractivity contribution in [3.63, 3.8) is 0 Å². The lowest BCUT2D eigenvalue weighted by Crippen LogP contribution is -2.35. The zero-order valence-electron chi connectivity index (χ0n) is 15.9. The zero-order chi connectivity index (χ0) is 21.2. The van der Waals surface area contributed by atoms with Crippen LogP contribution in [0.5, 0.6) is 11.5 Å². The Morgan fingerprint density at radius 2 is 1.66 bits per heavy atom. The smallest absolute Gasteiger partial charge is 0.387 e. The molecule has 1 atom stereocenters. The highest BCUT2D eigenvalue weighted by Crippen LogP contribution is 2.15. The molecule has 2 rings (SSSR count). The number of amides is 1. The number of alkyl halides is 2. The maximum Gasteiger partial charge on any atom is 0.387 e. The van der Waals surface area contributed by atoms with Gasteiger partial charge in [0.1, 0.15) is 11.5 Å². The molecule has 0 unspecified atom stereocenters. The molecule has 0 bridgehead atoms. The number of ether oxygens (including phenoxy) is 3. The number of methoxy groups -OCH3 is 1. The van der Waals surface area contributed by atoms with Gasteiger partial charge in [-0.3, -0.25) is 4.79 Å². The van der Waals surface area contributed by atoms with Crippen LogP contribution in [0, 0.1) is 0 Å². The molecule has 154 valence electrons. The average molecular weight is 405 g/mol. The predicted octanol–water partition coefficient (Wildman–Crippen LogP) is 3.56. The van der Waals surface area contributed by atoms with Crippen molar-refractivity contribution < 1.29 is 32.6 Å². The molecule has 0 aliphatic rings. The van der Waals surface area contributed by atoms with Crippen LogP contribution in [0.2, 0.25) is 0 Å². The van der Waals surface area contributed by atoms with E-state index in [2.05, 4.69) is 10.1 Å². The summed E-state index contributed by atoms with van der Waals surface area (Å²) in [6, 6.07) is 12.9. The SMILES string of the molecule is COc1ccc(CNC(=O)[C@@H](C)OC(=O)/C=C/c2ccc(OC(F)F)cc2)cc1. The van der Waals surface area contributed by atoms with Gasteiger partial charge in [0.05, 0.1) is 7.11 Å². The summed E-state index contributed by atoms with van der Waals surface area (Å²) in [6.07, 6.45) is 1.61. The Balaban J connectivity index is 1.79. The number of halogens is 2. The van der Waals surface area contributed by atoms with Crippen LogP contribution in [-0.2, 0) is 20.9 Å². The van der Waals surface area contributed by atoms with Gasteiger partial charge in [-0.25, -0.2) is 4.79 Å². The largest absolute Gasteiger partial charge is 0.497 e. The Bertz CT molecular complexity index is 835. The summed E-state index contributed by atoms with van der Waals surface area (Å²) < 4.78 is 38.6. The number of benzene rings is 2. The highest BCUT2D eigenvalue weighted by Gasteiger charge is 2.16. The van der Waals surface area contributed by atoms with Gasteiger partial charge in [0.2, 0.25) is 0 Å². The minimum Gasteiger partial charge on any atom is -0.497 e. The van der Waals surface area contributed by atoms with Crippen molar-refractivity contribution in [1.82, 2.24) is 5.32 Å². The second-order valence-corrected chi connectivity index (χ2v) is 5.93. The second kappa shape index (κ2) is 10.8. The third-order valence-electron chi connectivity index (χ3n) is 3.81. The molecule has 0 aliphatic heterocycles. The Morgan fingerprint density at radius 1 is 1.03 bits per heavy atom. The van der Waals surface area contributed by atoms with E-state index in [0.717, 1.165) is 11.6 Å². The van der Waals surface area contributed by atoms with Crippen molar-refractivity contribution >= 4 is 18.0 Å². The fourth-order valence-corrected chi connectivity index (χ4v) is 2.27. The number of nitrogens with one attached hydrogen (secondary N) is 1. The van der Waals surface area contributed by atoms with E-state index < -0.39 is 24.6 Å². The fraction of sp³-hybridized carbons (Fsp3) is 0.238. The first-order valence-electron chi connectivity index (χ1n) is 8.71. The van der Waals surface area contributed by atoms with E-state index in [0.29, 0.717) is 11.3 Å². The molecule has 1 amide bonds. The molecule has 0 fully saturated rings. The molecular weight excluding hydrogens is 384 g/mol. The van der Waals surface area contributed by atoms with Crippen molar-refractivity contribution in [1.29, 1.82) is 0 Å². The van der Waals surface area contributed by atoms with Gasteiger partial charge < -0.3 is 19.5 Å². The molecule has 0 saturated carbocycles. The van der Waals surface area contributed by atoms with E-state index in [-0.39, 0.29) is 12.3 Å². The summed E-state index contributed by atoms with van der Waals surface area (Å²) >= 11 is 0. The molecule has 0 spiro atoms. The van der Waals surface area contributed by atoms with Gasteiger partial charge in [-0.15, -0.1) is 0 Å². The first-order valence-corrected chi connectivity index (χ1v) is 8.71. The number of carbonyl (C=O) groups is 2. The topological polar surface area (TPSA) is 73.9 Å². The lowest BCUT2D eigenvalue weighted by Gasteiger charge is -2.12. The van der Waals surface area contributed by atoms with E-state index >= 15 is 0 Å². The van der Waals surface area contributed by atoms with Crippen LogP contribution in [0.15, 0.2) is 54.6 Å². The van der Waals surface area contributed by atoms with E-state index in [4.69, 9.17) is 9.47 Å². The monoisotopic (exact) mass is 405 g/mol. The quantitative estimate of drug-likeness (QED) is 0.510. The zero-order valence-corrected chi connectivity index (χ0v) is 15.9. The minimum absolute atomic E-state index is 0.0156. The van der Waals surface area contributed by atoms with Crippen LogP contribution < -0.4 is 14.8 Å². The molecule has 0 radical (unpaired) electrons. The van der Waals surface area contributed by atoms with Crippen LogP contribution in [0.3, 0.4) is 0 Å². The second-order valence-electron chi connectivity index (χ2n) is 5.93. The maximum absolute atomic E-state index is 12.1. The lowest BCUT2D eigenvalue weighted by molar-refractivity contribution is -0.150. The highest BCUT2D eigenvalue weighted by molar-refractivity contribution is 5.90. The van der Waals surface area contributed by atoms with Gasteiger partial charge in [0, 0.05) is 12.6 Å². The van der Waals surface area contributed by atoms with Gasteiger partial charge in [-0.1, -0.05) is 24.3 Å².